The highest BCUT2D eigenvalue weighted by Crippen LogP contribution is 2.49. The van der Waals surface area contributed by atoms with Crippen molar-refractivity contribution in [3.05, 3.63) is 35.9 Å². The van der Waals surface area contributed by atoms with E-state index in [2.05, 4.69) is 22.4 Å². The first-order valence-corrected chi connectivity index (χ1v) is 6.21. The van der Waals surface area contributed by atoms with Gasteiger partial charge in [-0.15, -0.1) is 0 Å². The van der Waals surface area contributed by atoms with E-state index in [1.807, 2.05) is 25.1 Å². The van der Waals surface area contributed by atoms with E-state index in [1.165, 1.54) is 5.56 Å². The third kappa shape index (κ3) is 1.57. The van der Waals surface area contributed by atoms with Crippen molar-refractivity contribution in [2.75, 3.05) is 0 Å². The molecule has 3 rings (SSSR count). The van der Waals surface area contributed by atoms with Crippen LogP contribution < -0.4 is 5.32 Å². The second kappa shape index (κ2) is 3.69. The van der Waals surface area contributed by atoms with Gasteiger partial charge in [0.25, 0.3) is 0 Å². The van der Waals surface area contributed by atoms with Gasteiger partial charge in [0.15, 0.2) is 0 Å². The number of amidine groups is 1. The predicted molar refractivity (Wildman–Crippen MR) is 67.0 cm³/mol. The van der Waals surface area contributed by atoms with Crippen LogP contribution in [0.3, 0.4) is 0 Å². The molecule has 0 aromatic heterocycles. The number of carbonyl (C=O) groups excluding carboxylic acids is 1. The molecule has 1 atom stereocenters. The second-order valence-electron chi connectivity index (χ2n) is 4.84. The van der Waals surface area contributed by atoms with Gasteiger partial charge in [0, 0.05) is 0 Å². The molecule has 0 saturated heterocycles. The summed E-state index contributed by atoms with van der Waals surface area (Å²) in [7, 11) is 0. The fourth-order valence-corrected chi connectivity index (χ4v) is 2.51. The van der Waals surface area contributed by atoms with Crippen molar-refractivity contribution in [1.29, 1.82) is 0 Å². The first-order chi connectivity index (χ1) is 8.26. The minimum absolute atomic E-state index is 0.000833. The Morgan fingerprint density at radius 1 is 1.35 bits per heavy atom. The molecule has 3 heteroatoms. The van der Waals surface area contributed by atoms with Crippen LogP contribution in [-0.4, -0.2) is 17.8 Å². The molecule has 88 valence electrons. The van der Waals surface area contributed by atoms with E-state index >= 15 is 0 Å². The highest BCUT2D eigenvalue weighted by atomic mass is 16.2. The molecule has 17 heavy (non-hydrogen) atoms. The average molecular weight is 228 g/mol. The van der Waals surface area contributed by atoms with Gasteiger partial charge in [-0.05, 0) is 24.8 Å². The molecule has 3 nitrogen and oxygen atoms in total. The number of aliphatic imine (C=N–C) groups is 1. The van der Waals surface area contributed by atoms with Gasteiger partial charge < -0.3 is 5.32 Å². The van der Waals surface area contributed by atoms with Crippen molar-refractivity contribution in [2.45, 2.75) is 37.6 Å². The number of carbonyl (C=O) groups is 1. The molecular weight excluding hydrogens is 212 g/mol. The summed E-state index contributed by atoms with van der Waals surface area (Å²) in [6.45, 7) is 2.00. The lowest BCUT2D eigenvalue weighted by atomic mass is 9.95. The zero-order valence-corrected chi connectivity index (χ0v) is 9.94. The molecule has 1 fully saturated rings. The summed E-state index contributed by atoms with van der Waals surface area (Å²) < 4.78 is 0. The lowest BCUT2D eigenvalue weighted by molar-refractivity contribution is -0.120. The molecule has 1 heterocycles. The van der Waals surface area contributed by atoms with E-state index in [4.69, 9.17) is 0 Å². The SMILES string of the molecule is CCC1N=C(C2(c3ccccc3)CC2)NC1=O. The van der Waals surface area contributed by atoms with E-state index < -0.39 is 0 Å². The van der Waals surface area contributed by atoms with E-state index in [1.54, 1.807) is 0 Å². The van der Waals surface area contributed by atoms with Crippen LogP contribution in [0.15, 0.2) is 35.3 Å². The molecule has 1 aromatic rings. The third-order valence-corrected chi connectivity index (χ3v) is 3.75. The molecule has 0 spiro atoms. The van der Waals surface area contributed by atoms with Crippen LogP contribution in [0.5, 0.6) is 0 Å². The lowest BCUT2D eigenvalue weighted by Gasteiger charge is -2.15. The summed E-state index contributed by atoms with van der Waals surface area (Å²) in [5.74, 6) is 0.949. The first kappa shape index (κ1) is 10.5. The third-order valence-electron chi connectivity index (χ3n) is 3.75. The molecular formula is C14H16N2O. The molecule has 2 aliphatic rings. The largest absolute Gasteiger partial charge is 0.312 e. The number of hydrogen-bond acceptors (Lipinski definition) is 2. The molecule has 1 saturated carbocycles. The van der Waals surface area contributed by atoms with Gasteiger partial charge in [0.05, 0.1) is 5.41 Å². The number of hydrogen-bond donors (Lipinski definition) is 1. The van der Waals surface area contributed by atoms with Gasteiger partial charge in [0.1, 0.15) is 11.9 Å². The predicted octanol–water partition coefficient (Wildman–Crippen LogP) is 2.03. The van der Waals surface area contributed by atoms with Gasteiger partial charge in [-0.3, -0.25) is 9.79 Å². The molecule has 0 radical (unpaired) electrons. The van der Waals surface area contributed by atoms with Crippen LogP contribution in [0.1, 0.15) is 31.7 Å². The minimum atomic E-state index is -0.175. The normalized spacial score (nSPS) is 25.4. The topological polar surface area (TPSA) is 41.5 Å². The van der Waals surface area contributed by atoms with Crippen molar-refractivity contribution in [3.63, 3.8) is 0 Å². The molecule has 1 unspecified atom stereocenters. The fourth-order valence-electron chi connectivity index (χ4n) is 2.51. The van der Waals surface area contributed by atoms with Crippen molar-refractivity contribution in [2.24, 2.45) is 4.99 Å². The highest BCUT2D eigenvalue weighted by molar-refractivity contribution is 6.11. The molecule has 1 aliphatic heterocycles. The number of rotatable bonds is 3. The summed E-state index contributed by atoms with van der Waals surface area (Å²) in [4.78, 5) is 16.2. The number of amides is 1. The van der Waals surface area contributed by atoms with Crippen LogP contribution in [0.4, 0.5) is 0 Å². The Bertz CT molecular complexity index is 474. The first-order valence-electron chi connectivity index (χ1n) is 6.21. The Hall–Kier alpha value is -1.64. The lowest BCUT2D eigenvalue weighted by Crippen LogP contribution is -2.35. The quantitative estimate of drug-likeness (QED) is 0.845. The van der Waals surface area contributed by atoms with Crippen LogP contribution in [0.2, 0.25) is 0 Å². The maximum absolute atomic E-state index is 11.7. The van der Waals surface area contributed by atoms with Crippen LogP contribution in [0.25, 0.3) is 0 Å². The Labute approximate surface area is 101 Å². The summed E-state index contributed by atoms with van der Waals surface area (Å²) in [6.07, 6.45) is 2.96. The number of benzene rings is 1. The van der Waals surface area contributed by atoms with Crippen molar-refractivity contribution in [1.82, 2.24) is 5.32 Å². The molecule has 0 bridgehead atoms. The molecule has 1 aromatic carbocycles. The van der Waals surface area contributed by atoms with Gasteiger partial charge in [-0.1, -0.05) is 37.3 Å². The number of nitrogens with zero attached hydrogens (tertiary/aromatic N) is 1. The zero-order chi connectivity index (χ0) is 11.9. The Morgan fingerprint density at radius 3 is 2.59 bits per heavy atom. The van der Waals surface area contributed by atoms with Crippen molar-refractivity contribution < 1.29 is 4.79 Å². The van der Waals surface area contributed by atoms with Crippen LogP contribution >= 0.6 is 0 Å². The molecule has 1 N–H and O–H groups in total. The summed E-state index contributed by atoms with van der Waals surface area (Å²) in [5, 5.41) is 2.97. The second-order valence-corrected chi connectivity index (χ2v) is 4.84. The van der Waals surface area contributed by atoms with Crippen LogP contribution in [-0.2, 0) is 10.2 Å². The van der Waals surface area contributed by atoms with Gasteiger partial charge in [-0.25, -0.2) is 0 Å². The van der Waals surface area contributed by atoms with E-state index in [-0.39, 0.29) is 17.4 Å². The minimum Gasteiger partial charge on any atom is -0.312 e. The van der Waals surface area contributed by atoms with Gasteiger partial charge in [0.2, 0.25) is 5.91 Å². The van der Waals surface area contributed by atoms with E-state index in [9.17, 15) is 4.79 Å². The zero-order valence-electron chi connectivity index (χ0n) is 9.94. The monoisotopic (exact) mass is 228 g/mol. The maximum atomic E-state index is 11.7. The Kier molecular flexibility index (Phi) is 2.28. The van der Waals surface area contributed by atoms with E-state index in [0.717, 1.165) is 25.1 Å². The Morgan fingerprint density at radius 2 is 2.06 bits per heavy atom. The Balaban J connectivity index is 1.93. The van der Waals surface area contributed by atoms with Gasteiger partial charge >= 0.3 is 0 Å². The molecule has 1 amide bonds. The smallest absolute Gasteiger partial charge is 0.250 e. The summed E-state index contributed by atoms with van der Waals surface area (Å²) in [6, 6.07) is 10.2. The van der Waals surface area contributed by atoms with Crippen molar-refractivity contribution in [3.8, 4) is 0 Å². The van der Waals surface area contributed by atoms with Crippen molar-refractivity contribution >= 4 is 11.7 Å². The van der Waals surface area contributed by atoms with Gasteiger partial charge in [-0.2, -0.15) is 0 Å². The summed E-state index contributed by atoms with van der Waals surface area (Å²) >= 11 is 0. The van der Waals surface area contributed by atoms with E-state index in [0.29, 0.717) is 0 Å². The average Bonchev–Trinajstić information content (AvgIpc) is 3.09. The van der Waals surface area contributed by atoms with Crippen LogP contribution in [0, 0.1) is 0 Å². The summed E-state index contributed by atoms with van der Waals surface area (Å²) in [5.41, 5.74) is 1.27. The highest BCUT2D eigenvalue weighted by Gasteiger charge is 2.51. The molecule has 1 aliphatic carbocycles. The fraction of sp³-hybridized carbons (Fsp3) is 0.429. The number of nitrogens with one attached hydrogen (secondary N) is 1. The standard InChI is InChI=1S/C14H16N2O/c1-2-11-12(17)16-13(15-11)14(8-9-14)10-6-4-3-5-7-10/h3-7,11H,2,8-9H2,1H3,(H,15,16,17). The maximum Gasteiger partial charge on any atom is 0.250 e.